The predicted molar refractivity (Wildman–Crippen MR) is 71.4 cm³/mol. The van der Waals surface area contributed by atoms with E-state index >= 15 is 0 Å². The topological polar surface area (TPSA) is 68.0 Å². The van der Waals surface area contributed by atoms with E-state index in [1.807, 2.05) is 28.8 Å². The average Bonchev–Trinajstić information content (AvgIpc) is 2.86. The zero-order valence-corrected chi connectivity index (χ0v) is 11.1. The molecule has 0 radical (unpaired) electrons. The van der Waals surface area contributed by atoms with Gasteiger partial charge in [-0.15, -0.1) is 10.2 Å². The Morgan fingerprint density at radius 1 is 1.42 bits per heavy atom. The number of benzene rings is 1. The van der Waals surface area contributed by atoms with Crippen LogP contribution in [0.2, 0.25) is 0 Å². The van der Waals surface area contributed by atoms with Crippen molar-refractivity contribution in [1.29, 1.82) is 0 Å². The van der Waals surface area contributed by atoms with Crippen LogP contribution in [0.4, 0.5) is 0 Å². The quantitative estimate of drug-likeness (QED) is 0.895. The van der Waals surface area contributed by atoms with Gasteiger partial charge in [0, 0.05) is 18.0 Å². The molecule has 1 N–H and O–H groups in total. The van der Waals surface area contributed by atoms with Crippen molar-refractivity contribution in [3.05, 3.63) is 42.0 Å². The van der Waals surface area contributed by atoms with Crippen LogP contribution in [0.1, 0.15) is 37.6 Å². The Kier molecular flexibility index (Phi) is 3.94. The maximum Gasteiger partial charge on any atom is 0.303 e. The van der Waals surface area contributed by atoms with Crippen LogP contribution < -0.4 is 0 Å². The molecule has 5 nitrogen and oxygen atoms in total. The molecule has 0 amide bonds. The van der Waals surface area contributed by atoms with Crippen molar-refractivity contribution in [3.8, 4) is 5.69 Å². The number of carboxylic acids is 1. The van der Waals surface area contributed by atoms with Gasteiger partial charge < -0.3 is 5.11 Å². The molecule has 1 heterocycles. The summed E-state index contributed by atoms with van der Waals surface area (Å²) in [5, 5.41) is 16.8. The third-order valence-corrected chi connectivity index (χ3v) is 2.91. The molecule has 0 unspecified atom stereocenters. The van der Waals surface area contributed by atoms with E-state index in [9.17, 15) is 4.79 Å². The van der Waals surface area contributed by atoms with Gasteiger partial charge in [0.15, 0.2) is 0 Å². The van der Waals surface area contributed by atoms with Gasteiger partial charge in [0.2, 0.25) is 0 Å². The number of aryl methyl sites for hydroxylation is 1. The first-order chi connectivity index (χ1) is 9.08. The Labute approximate surface area is 111 Å². The summed E-state index contributed by atoms with van der Waals surface area (Å²) in [5.41, 5.74) is 1.97. The van der Waals surface area contributed by atoms with Gasteiger partial charge in [-0.25, -0.2) is 0 Å². The van der Waals surface area contributed by atoms with Crippen LogP contribution in [0.25, 0.3) is 5.69 Å². The molecule has 100 valence electrons. The average molecular weight is 259 g/mol. The number of rotatable bonds is 5. The molecule has 0 aliphatic rings. The minimum absolute atomic E-state index is 0.142. The maximum absolute atomic E-state index is 10.6. The molecular weight excluding hydrogens is 242 g/mol. The smallest absolute Gasteiger partial charge is 0.303 e. The van der Waals surface area contributed by atoms with Gasteiger partial charge in [0.1, 0.15) is 12.2 Å². The van der Waals surface area contributed by atoms with Crippen LogP contribution in [0.3, 0.4) is 0 Å². The summed E-state index contributed by atoms with van der Waals surface area (Å²) in [6.07, 6.45) is 2.36. The van der Waals surface area contributed by atoms with Gasteiger partial charge in [0.05, 0.1) is 0 Å². The number of hydrogen-bond acceptors (Lipinski definition) is 3. The molecule has 0 atom stereocenters. The van der Waals surface area contributed by atoms with E-state index < -0.39 is 5.97 Å². The highest BCUT2D eigenvalue weighted by Crippen LogP contribution is 2.18. The highest BCUT2D eigenvalue weighted by Gasteiger charge is 2.10. The van der Waals surface area contributed by atoms with Crippen LogP contribution in [0.15, 0.2) is 30.6 Å². The third kappa shape index (κ3) is 3.19. The summed E-state index contributed by atoms with van der Waals surface area (Å²) in [6.45, 7) is 4.13. The van der Waals surface area contributed by atoms with Crippen molar-refractivity contribution in [1.82, 2.24) is 14.8 Å². The summed E-state index contributed by atoms with van der Waals surface area (Å²) < 4.78 is 1.94. The van der Waals surface area contributed by atoms with E-state index in [0.29, 0.717) is 6.42 Å². The van der Waals surface area contributed by atoms with Crippen LogP contribution >= 0.6 is 0 Å². The molecule has 0 spiro atoms. The molecule has 0 fully saturated rings. The summed E-state index contributed by atoms with van der Waals surface area (Å²) in [6, 6.07) is 7.82. The van der Waals surface area contributed by atoms with E-state index in [0.717, 1.165) is 17.1 Å². The zero-order chi connectivity index (χ0) is 13.8. The maximum atomic E-state index is 10.6. The summed E-state index contributed by atoms with van der Waals surface area (Å²) in [7, 11) is 0. The fourth-order valence-corrected chi connectivity index (χ4v) is 1.95. The molecule has 2 aromatic rings. The molecular formula is C14H17N3O2. The first-order valence-corrected chi connectivity index (χ1v) is 6.29. The summed E-state index contributed by atoms with van der Waals surface area (Å²) in [5.74, 6) is 0.401. The Hall–Kier alpha value is -2.17. The van der Waals surface area contributed by atoms with Gasteiger partial charge in [-0.1, -0.05) is 26.0 Å². The summed E-state index contributed by atoms with van der Waals surface area (Å²) in [4.78, 5) is 10.6. The second kappa shape index (κ2) is 5.65. The second-order valence-electron chi connectivity index (χ2n) is 4.78. The monoisotopic (exact) mass is 259 g/mol. The molecule has 0 aliphatic carbocycles. The lowest BCUT2D eigenvalue weighted by molar-refractivity contribution is -0.136. The lowest BCUT2D eigenvalue weighted by Gasteiger charge is -2.10. The molecule has 0 saturated heterocycles. The molecule has 1 aromatic heterocycles. The van der Waals surface area contributed by atoms with Crippen molar-refractivity contribution < 1.29 is 9.90 Å². The Bertz CT molecular complexity index is 576. The summed E-state index contributed by atoms with van der Waals surface area (Å²) >= 11 is 0. The highest BCUT2D eigenvalue weighted by atomic mass is 16.4. The largest absolute Gasteiger partial charge is 0.481 e. The molecule has 19 heavy (non-hydrogen) atoms. The van der Waals surface area contributed by atoms with Crippen molar-refractivity contribution in [2.45, 2.75) is 32.6 Å². The number of carbonyl (C=O) groups is 1. The first kappa shape index (κ1) is 13.3. The van der Waals surface area contributed by atoms with E-state index in [1.165, 1.54) is 0 Å². The van der Waals surface area contributed by atoms with Crippen LogP contribution in [0.5, 0.6) is 0 Å². The molecule has 2 rings (SSSR count). The van der Waals surface area contributed by atoms with Crippen molar-refractivity contribution >= 4 is 5.97 Å². The number of nitrogens with zero attached hydrogens (tertiary/aromatic N) is 3. The minimum Gasteiger partial charge on any atom is -0.481 e. The van der Waals surface area contributed by atoms with E-state index in [4.69, 9.17) is 5.11 Å². The van der Waals surface area contributed by atoms with Gasteiger partial charge in [-0.2, -0.15) is 0 Å². The minimum atomic E-state index is -0.780. The highest BCUT2D eigenvalue weighted by molar-refractivity contribution is 5.67. The number of carboxylic acid groups (broad SMARTS) is 1. The number of aliphatic carboxylic acids is 1. The molecule has 1 aromatic carbocycles. The SMILES string of the molecule is CC(C)c1nncn1-c1cccc(CCC(=O)O)c1. The van der Waals surface area contributed by atoms with Gasteiger partial charge in [-0.3, -0.25) is 9.36 Å². The van der Waals surface area contributed by atoms with Crippen molar-refractivity contribution in [3.63, 3.8) is 0 Å². The molecule has 0 saturated carbocycles. The standard InChI is InChI=1S/C14H17N3O2/c1-10(2)14-16-15-9-17(14)12-5-3-4-11(8-12)6-7-13(18)19/h3-5,8-10H,6-7H2,1-2H3,(H,18,19). The number of aromatic nitrogens is 3. The lowest BCUT2D eigenvalue weighted by atomic mass is 10.1. The first-order valence-electron chi connectivity index (χ1n) is 6.29. The van der Waals surface area contributed by atoms with E-state index in [-0.39, 0.29) is 12.3 Å². The second-order valence-corrected chi connectivity index (χ2v) is 4.78. The van der Waals surface area contributed by atoms with Crippen LogP contribution in [-0.2, 0) is 11.2 Å². The van der Waals surface area contributed by atoms with E-state index in [2.05, 4.69) is 24.0 Å². The van der Waals surface area contributed by atoms with Crippen molar-refractivity contribution in [2.75, 3.05) is 0 Å². The Balaban J connectivity index is 2.27. The van der Waals surface area contributed by atoms with Gasteiger partial charge in [-0.05, 0) is 24.1 Å². The zero-order valence-electron chi connectivity index (χ0n) is 11.1. The van der Waals surface area contributed by atoms with Gasteiger partial charge in [0.25, 0.3) is 0 Å². The van der Waals surface area contributed by atoms with Crippen molar-refractivity contribution in [2.24, 2.45) is 0 Å². The Morgan fingerprint density at radius 3 is 2.89 bits per heavy atom. The van der Waals surface area contributed by atoms with Gasteiger partial charge >= 0.3 is 5.97 Å². The van der Waals surface area contributed by atoms with Crippen LogP contribution in [0, 0.1) is 0 Å². The Morgan fingerprint density at radius 2 is 2.21 bits per heavy atom. The lowest BCUT2D eigenvalue weighted by Crippen LogP contribution is -2.03. The predicted octanol–water partition coefficient (Wildman–Crippen LogP) is 2.41. The number of hydrogen-bond donors (Lipinski definition) is 1. The van der Waals surface area contributed by atoms with E-state index in [1.54, 1.807) is 6.33 Å². The third-order valence-electron chi connectivity index (χ3n) is 2.91. The molecule has 0 aliphatic heterocycles. The normalized spacial score (nSPS) is 10.9. The molecule has 0 bridgehead atoms. The molecule has 5 heteroatoms. The van der Waals surface area contributed by atoms with Crippen LogP contribution in [-0.4, -0.2) is 25.8 Å². The fourth-order valence-electron chi connectivity index (χ4n) is 1.95. The fraction of sp³-hybridized carbons (Fsp3) is 0.357.